The van der Waals surface area contributed by atoms with Crippen LogP contribution in [-0.2, 0) is 6.54 Å². The van der Waals surface area contributed by atoms with Gasteiger partial charge < -0.3 is 0 Å². The largest absolute Gasteiger partial charge is 0.253 e. The lowest BCUT2D eigenvalue weighted by atomic mass is 10.1. The van der Waals surface area contributed by atoms with E-state index in [0.717, 1.165) is 21.6 Å². The Kier molecular flexibility index (Phi) is 5.54. The average molecular weight is 420 g/mol. The van der Waals surface area contributed by atoms with Crippen molar-refractivity contribution in [3.05, 3.63) is 124 Å². The summed E-state index contributed by atoms with van der Waals surface area (Å²) in [4.78, 5) is 5.74. The highest BCUT2D eigenvalue weighted by Crippen LogP contribution is 2.21. The quantitative estimate of drug-likeness (QED) is 0.297. The molecule has 0 unspecified atom stereocenters. The molecule has 4 aromatic carbocycles. The van der Waals surface area contributed by atoms with Crippen molar-refractivity contribution in [3.63, 3.8) is 0 Å². The molecule has 31 heavy (non-hydrogen) atoms. The lowest BCUT2D eigenvalue weighted by Gasteiger charge is -2.05. The van der Waals surface area contributed by atoms with Gasteiger partial charge in [-0.25, -0.2) is 4.68 Å². The molecule has 4 heteroatoms. The molecule has 150 valence electrons. The van der Waals surface area contributed by atoms with E-state index in [4.69, 9.17) is 10.1 Å². The van der Waals surface area contributed by atoms with Gasteiger partial charge in [-0.1, -0.05) is 103 Å². The van der Waals surface area contributed by atoms with Crippen LogP contribution < -0.4 is 4.80 Å². The maximum atomic E-state index is 4.88. The molecule has 5 aromatic rings. The van der Waals surface area contributed by atoms with Crippen molar-refractivity contribution in [2.45, 2.75) is 6.54 Å². The van der Waals surface area contributed by atoms with E-state index < -0.39 is 0 Å². The van der Waals surface area contributed by atoms with Crippen molar-refractivity contribution in [1.82, 2.24) is 4.68 Å². The summed E-state index contributed by atoms with van der Waals surface area (Å²) in [6.07, 6.45) is 1.93. The van der Waals surface area contributed by atoms with Crippen LogP contribution in [0.5, 0.6) is 0 Å². The standard InChI is InChI=1S/C27H21N3S/c1-3-10-21(11-4-1)18-28-27-30(26(20-31-27)23-13-5-2-6-14-23)29-19-24-16-9-15-22-12-7-8-17-25(22)24/h1-17,19-20H,18H2. The maximum absolute atomic E-state index is 4.88. The zero-order valence-electron chi connectivity index (χ0n) is 16.9. The molecule has 0 radical (unpaired) electrons. The zero-order valence-corrected chi connectivity index (χ0v) is 17.7. The molecular weight excluding hydrogens is 398 g/mol. The Bertz CT molecular complexity index is 1390. The van der Waals surface area contributed by atoms with Gasteiger partial charge in [0.1, 0.15) is 0 Å². The van der Waals surface area contributed by atoms with Crippen LogP contribution in [0.1, 0.15) is 11.1 Å². The summed E-state index contributed by atoms with van der Waals surface area (Å²) < 4.78 is 1.95. The fraction of sp³-hybridized carbons (Fsp3) is 0.0370. The third kappa shape index (κ3) is 4.25. The Morgan fingerprint density at radius 2 is 1.45 bits per heavy atom. The van der Waals surface area contributed by atoms with Crippen molar-refractivity contribution in [3.8, 4) is 11.3 Å². The van der Waals surface area contributed by atoms with Crippen LogP contribution in [0.15, 0.2) is 119 Å². The molecule has 0 aliphatic heterocycles. The van der Waals surface area contributed by atoms with E-state index >= 15 is 0 Å². The molecule has 0 aliphatic rings. The first-order valence-corrected chi connectivity index (χ1v) is 11.1. The summed E-state index contributed by atoms with van der Waals surface area (Å²) >= 11 is 1.61. The monoisotopic (exact) mass is 419 g/mol. The van der Waals surface area contributed by atoms with Gasteiger partial charge in [0.05, 0.1) is 18.5 Å². The first-order valence-electron chi connectivity index (χ1n) is 10.2. The maximum Gasteiger partial charge on any atom is 0.206 e. The fourth-order valence-electron chi connectivity index (χ4n) is 3.55. The molecule has 1 heterocycles. The minimum absolute atomic E-state index is 0.624. The van der Waals surface area contributed by atoms with Gasteiger partial charge in [0.25, 0.3) is 0 Å². The molecule has 0 N–H and O–H groups in total. The molecule has 0 aliphatic carbocycles. The van der Waals surface area contributed by atoms with Gasteiger partial charge in [-0.2, -0.15) is 5.10 Å². The molecule has 0 bridgehead atoms. The number of thiazole rings is 1. The summed E-state index contributed by atoms with van der Waals surface area (Å²) in [7, 11) is 0. The lowest BCUT2D eigenvalue weighted by molar-refractivity contribution is 0.824. The highest BCUT2D eigenvalue weighted by Gasteiger charge is 2.07. The topological polar surface area (TPSA) is 29.6 Å². The molecule has 0 atom stereocenters. The Labute approximate surface area is 185 Å². The smallest absolute Gasteiger partial charge is 0.206 e. The van der Waals surface area contributed by atoms with Gasteiger partial charge in [-0.3, -0.25) is 4.99 Å². The van der Waals surface area contributed by atoms with Gasteiger partial charge in [-0.05, 0) is 16.3 Å². The summed E-state index contributed by atoms with van der Waals surface area (Å²) in [5.74, 6) is 0. The molecular formula is C27H21N3S. The van der Waals surface area contributed by atoms with Crippen LogP contribution in [0.4, 0.5) is 0 Å². The van der Waals surface area contributed by atoms with E-state index in [1.54, 1.807) is 11.3 Å². The van der Waals surface area contributed by atoms with E-state index in [1.165, 1.54) is 16.3 Å². The van der Waals surface area contributed by atoms with E-state index in [1.807, 2.05) is 47.3 Å². The Balaban J connectivity index is 1.60. The molecule has 0 fully saturated rings. The van der Waals surface area contributed by atoms with Crippen LogP contribution in [0.25, 0.3) is 22.0 Å². The third-order valence-electron chi connectivity index (χ3n) is 5.13. The minimum Gasteiger partial charge on any atom is -0.253 e. The molecule has 0 spiro atoms. The summed E-state index contributed by atoms with van der Waals surface area (Å²) in [5.41, 5.74) is 4.43. The third-order valence-corrected chi connectivity index (χ3v) is 5.98. The van der Waals surface area contributed by atoms with E-state index in [9.17, 15) is 0 Å². The predicted octanol–water partition coefficient (Wildman–Crippen LogP) is 6.35. The molecule has 0 amide bonds. The van der Waals surface area contributed by atoms with E-state index in [2.05, 4.69) is 72.1 Å². The Morgan fingerprint density at radius 3 is 2.29 bits per heavy atom. The highest BCUT2D eigenvalue weighted by atomic mass is 32.1. The molecule has 0 saturated carbocycles. The molecule has 3 nitrogen and oxygen atoms in total. The van der Waals surface area contributed by atoms with Crippen LogP contribution in [-0.4, -0.2) is 10.9 Å². The van der Waals surface area contributed by atoms with Crippen LogP contribution in [0.3, 0.4) is 0 Å². The number of hydrogen-bond donors (Lipinski definition) is 0. The van der Waals surface area contributed by atoms with Crippen LogP contribution >= 0.6 is 11.3 Å². The van der Waals surface area contributed by atoms with Crippen LogP contribution in [0.2, 0.25) is 0 Å². The van der Waals surface area contributed by atoms with Crippen LogP contribution in [0, 0.1) is 0 Å². The second-order valence-electron chi connectivity index (χ2n) is 7.20. The van der Waals surface area contributed by atoms with Gasteiger partial charge in [0.15, 0.2) is 0 Å². The summed E-state index contributed by atoms with van der Waals surface area (Å²) in [5, 5.41) is 9.40. The SMILES string of the molecule is C(=Nn1c(-c2ccccc2)csc1=NCc1ccccc1)c1cccc2ccccc12. The summed E-state index contributed by atoms with van der Waals surface area (Å²) in [6.45, 7) is 0.624. The van der Waals surface area contributed by atoms with E-state index in [-0.39, 0.29) is 0 Å². The van der Waals surface area contributed by atoms with Gasteiger partial charge in [0, 0.05) is 16.5 Å². The zero-order chi connectivity index (χ0) is 20.9. The molecule has 5 rings (SSSR count). The number of nitrogens with zero attached hydrogens (tertiary/aromatic N) is 3. The van der Waals surface area contributed by atoms with Crippen molar-refractivity contribution in [1.29, 1.82) is 0 Å². The van der Waals surface area contributed by atoms with Crippen molar-refractivity contribution < 1.29 is 0 Å². The number of benzene rings is 4. The highest BCUT2D eigenvalue weighted by molar-refractivity contribution is 7.07. The van der Waals surface area contributed by atoms with E-state index in [0.29, 0.717) is 6.54 Å². The Hall–Kier alpha value is -3.76. The predicted molar refractivity (Wildman–Crippen MR) is 130 cm³/mol. The minimum atomic E-state index is 0.624. The second kappa shape index (κ2) is 8.94. The van der Waals surface area contributed by atoms with Crippen molar-refractivity contribution in [2.24, 2.45) is 10.1 Å². The van der Waals surface area contributed by atoms with Gasteiger partial charge in [-0.15, -0.1) is 11.3 Å². The lowest BCUT2D eigenvalue weighted by Crippen LogP contribution is -2.12. The fourth-order valence-corrected chi connectivity index (χ4v) is 4.39. The second-order valence-corrected chi connectivity index (χ2v) is 8.03. The number of aromatic nitrogens is 1. The Morgan fingerprint density at radius 1 is 0.742 bits per heavy atom. The first-order chi connectivity index (χ1) is 15.4. The first kappa shape index (κ1) is 19.2. The average Bonchev–Trinajstić information content (AvgIpc) is 3.25. The number of rotatable bonds is 5. The summed E-state index contributed by atoms with van der Waals surface area (Å²) in [6, 6.07) is 35.3. The van der Waals surface area contributed by atoms with Gasteiger partial charge in [0.2, 0.25) is 4.80 Å². The molecule has 1 aromatic heterocycles. The number of fused-ring (bicyclic) bond motifs is 1. The normalized spacial score (nSPS) is 12.1. The number of hydrogen-bond acceptors (Lipinski definition) is 3. The van der Waals surface area contributed by atoms with Crippen molar-refractivity contribution in [2.75, 3.05) is 0 Å². The molecule has 0 saturated heterocycles. The van der Waals surface area contributed by atoms with Gasteiger partial charge >= 0.3 is 0 Å². The van der Waals surface area contributed by atoms with Crippen molar-refractivity contribution >= 4 is 28.3 Å².